The molecule has 0 aliphatic heterocycles. The highest BCUT2D eigenvalue weighted by Crippen LogP contribution is 2.46. The second kappa shape index (κ2) is 11.6. The van der Waals surface area contributed by atoms with E-state index >= 15 is 0 Å². The second-order valence-corrected chi connectivity index (χ2v) is 14.8. The third-order valence-corrected chi connectivity index (χ3v) is 11.9. The van der Waals surface area contributed by atoms with E-state index in [-0.39, 0.29) is 0 Å². The summed E-state index contributed by atoms with van der Waals surface area (Å²) in [7, 11) is 0. The van der Waals surface area contributed by atoms with E-state index in [9.17, 15) is 0 Å². The summed E-state index contributed by atoms with van der Waals surface area (Å²) in [5, 5.41) is 17.8. The van der Waals surface area contributed by atoms with E-state index in [1.165, 1.54) is 114 Å². The maximum absolute atomic E-state index is 2.46. The van der Waals surface area contributed by atoms with E-state index < -0.39 is 0 Å². The fourth-order valence-electron chi connectivity index (χ4n) is 9.52. The molecule has 0 bridgehead atoms. The number of benzene rings is 11. The van der Waals surface area contributed by atoms with Gasteiger partial charge in [-0.05, 0) is 123 Å². The van der Waals surface area contributed by atoms with Crippen molar-refractivity contribution in [2.75, 3.05) is 0 Å². The number of aromatic nitrogens is 1. The molecule has 0 atom stereocenters. The fraction of sp³-hybridized carbons (Fsp3) is 0. The zero-order valence-electron chi connectivity index (χ0n) is 30.0. The molecule has 0 aliphatic carbocycles. The maximum Gasteiger partial charge on any atom is 0.0547 e. The van der Waals surface area contributed by atoms with Gasteiger partial charge in [-0.1, -0.05) is 164 Å². The summed E-state index contributed by atoms with van der Waals surface area (Å²) in [5.41, 5.74) is 8.66. The molecule has 0 N–H and O–H groups in total. The monoisotopic (exact) mass is 695 g/mol. The summed E-state index contributed by atoms with van der Waals surface area (Å²) in [6, 6.07) is 74.1. The van der Waals surface area contributed by atoms with Gasteiger partial charge in [-0.2, -0.15) is 0 Å². The Kier molecular flexibility index (Phi) is 6.40. The first-order valence-electron chi connectivity index (χ1n) is 19.1. The summed E-state index contributed by atoms with van der Waals surface area (Å²) in [6.07, 6.45) is 0. The van der Waals surface area contributed by atoms with E-state index in [0.717, 1.165) is 0 Å². The zero-order valence-corrected chi connectivity index (χ0v) is 30.0. The molecule has 0 saturated carbocycles. The van der Waals surface area contributed by atoms with Crippen LogP contribution in [0.4, 0.5) is 0 Å². The lowest BCUT2D eigenvalue weighted by Crippen LogP contribution is -1.94. The molecule has 0 radical (unpaired) electrons. The van der Waals surface area contributed by atoms with Gasteiger partial charge in [-0.3, -0.25) is 0 Å². The van der Waals surface area contributed by atoms with Crippen molar-refractivity contribution in [3.05, 3.63) is 200 Å². The van der Waals surface area contributed by atoms with Crippen LogP contribution >= 0.6 is 0 Å². The van der Waals surface area contributed by atoms with Crippen molar-refractivity contribution in [3.63, 3.8) is 0 Å². The van der Waals surface area contributed by atoms with Crippen LogP contribution in [0.1, 0.15) is 0 Å². The third-order valence-electron chi connectivity index (χ3n) is 11.9. The smallest absolute Gasteiger partial charge is 0.0547 e. The molecule has 1 aromatic heterocycles. The van der Waals surface area contributed by atoms with Crippen LogP contribution in [-0.2, 0) is 0 Å². The molecule has 55 heavy (non-hydrogen) atoms. The van der Waals surface area contributed by atoms with Crippen LogP contribution in [0.25, 0.3) is 114 Å². The highest BCUT2D eigenvalue weighted by Gasteiger charge is 2.20. The van der Waals surface area contributed by atoms with Gasteiger partial charge >= 0.3 is 0 Å². The number of fused-ring (bicyclic) bond motifs is 12. The van der Waals surface area contributed by atoms with Gasteiger partial charge in [0.05, 0.1) is 11.0 Å². The molecule has 12 aromatic rings. The molecule has 0 aliphatic rings. The number of para-hydroxylation sites is 1. The summed E-state index contributed by atoms with van der Waals surface area (Å²) in [6.45, 7) is 0. The number of nitrogens with zero attached hydrogens (tertiary/aromatic N) is 1. The predicted molar refractivity (Wildman–Crippen MR) is 237 cm³/mol. The molecule has 0 spiro atoms. The highest BCUT2D eigenvalue weighted by atomic mass is 15.0. The van der Waals surface area contributed by atoms with Crippen molar-refractivity contribution in [3.8, 4) is 27.9 Å². The first kappa shape index (κ1) is 30.3. The summed E-state index contributed by atoms with van der Waals surface area (Å²) < 4.78 is 2.46. The lowest BCUT2D eigenvalue weighted by Gasteiger charge is -2.18. The lowest BCUT2D eigenvalue weighted by atomic mass is 9.85. The van der Waals surface area contributed by atoms with Crippen LogP contribution in [0.2, 0.25) is 0 Å². The van der Waals surface area contributed by atoms with Crippen molar-refractivity contribution < 1.29 is 0 Å². The minimum absolute atomic E-state index is 1.18. The van der Waals surface area contributed by atoms with Gasteiger partial charge in [-0.25, -0.2) is 0 Å². The quantitative estimate of drug-likeness (QED) is 0.128. The Balaban J connectivity index is 1.18. The molecule has 1 heteroatoms. The Hall–Kier alpha value is -7.22. The van der Waals surface area contributed by atoms with Gasteiger partial charge in [0, 0.05) is 16.5 Å². The number of rotatable bonds is 3. The minimum atomic E-state index is 1.18. The van der Waals surface area contributed by atoms with Crippen LogP contribution in [0.15, 0.2) is 200 Å². The van der Waals surface area contributed by atoms with Crippen LogP contribution < -0.4 is 0 Å². The van der Waals surface area contributed by atoms with E-state index in [4.69, 9.17) is 0 Å². The lowest BCUT2D eigenvalue weighted by molar-refractivity contribution is 1.19. The fourth-order valence-corrected chi connectivity index (χ4v) is 9.52. The van der Waals surface area contributed by atoms with Gasteiger partial charge < -0.3 is 4.57 Å². The molecule has 11 aromatic carbocycles. The molecule has 254 valence electrons. The largest absolute Gasteiger partial charge is 0.309 e. The Labute approximate surface area is 317 Å². The Bertz CT molecular complexity index is 3480. The predicted octanol–water partition coefficient (Wildman–Crippen LogP) is 15.0. The van der Waals surface area contributed by atoms with Crippen molar-refractivity contribution >= 4 is 86.4 Å². The molecule has 0 unspecified atom stereocenters. The SMILES string of the molecule is c1ccc(-c2c3ccccc3c(-c3ccc4c(c3)c3ccccc3c3cc5c6ccccc6n(-c6ccc7ccccc7c6)c5cc43)c3ccccc23)cc1. The van der Waals surface area contributed by atoms with Crippen LogP contribution in [-0.4, -0.2) is 4.57 Å². The molecule has 0 fully saturated rings. The van der Waals surface area contributed by atoms with E-state index in [2.05, 4.69) is 205 Å². The first-order chi connectivity index (χ1) is 27.3. The molecule has 1 nitrogen and oxygen atoms in total. The van der Waals surface area contributed by atoms with Crippen LogP contribution in [0.3, 0.4) is 0 Å². The zero-order chi connectivity index (χ0) is 36.0. The van der Waals surface area contributed by atoms with E-state index in [0.29, 0.717) is 0 Å². The van der Waals surface area contributed by atoms with Crippen molar-refractivity contribution in [2.45, 2.75) is 0 Å². The number of hydrogen-bond acceptors (Lipinski definition) is 0. The summed E-state index contributed by atoms with van der Waals surface area (Å²) in [4.78, 5) is 0. The normalized spacial score (nSPS) is 12.0. The Morgan fingerprint density at radius 2 is 0.745 bits per heavy atom. The Morgan fingerprint density at radius 3 is 1.44 bits per heavy atom. The molecular formula is C54H33N. The number of hydrogen-bond donors (Lipinski definition) is 0. The molecule has 0 saturated heterocycles. The topological polar surface area (TPSA) is 4.93 Å². The summed E-state index contributed by atoms with van der Waals surface area (Å²) in [5.74, 6) is 0. The van der Waals surface area contributed by atoms with Gasteiger partial charge in [0.2, 0.25) is 0 Å². The van der Waals surface area contributed by atoms with Crippen molar-refractivity contribution in [2.24, 2.45) is 0 Å². The molecule has 0 amide bonds. The standard InChI is InChI=1S/C54H33N/c1-2-15-35(16-3-1)53-43-21-8-10-23-45(43)54(46-24-11-9-22-44(46)53)37-27-29-41-47(31-37)39-18-6-7-19-40(39)48-32-50-42-20-12-13-25-51(42)55(52(50)33-49(41)48)38-28-26-34-14-4-5-17-36(34)30-38/h1-33H. The van der Waals surface area contributed by atoms with Crippen molar-refractivity contribution in [1.29, 1.82) is 0 Å². The second-order valence-electron chi connectivity index (χ2n) is 14.8. The summed E-state index contributed by atoms with van der Waals surface area (Å²) >= 11 is 0. The molecule has 1 heterocycles. The Morgan fingerprint density at radius 1 is 0.236 bits per heavy atom. The van der Waals surface area contributed by atoms with Crippen LogP contribution in [0.5, 0.6) is 0 Å². The molecule has 12 rings (SSSR count). The average molecular weight is 696 g/mol. The first-order valence-corrected chi connectivity index (χ1v) is 19.1. The highest BCUT2D eigenvalue weighted by molar-refractivity contribution is 6.30. The van der Waals surface area contributed by atoms with E-state index in [1.54, 1.807) is 0 Å². The third kappa shape index (κ3) is 4.41. The maximum atomic E-state index is 2.46. The van der Waals surface area contributed by atoms with Gasteiger partial charge in [-0.15, -0.1) is 0 Å². The van der Waals surface area contributed by atoms with Gasteiger partial charge in [0.25, 0.3) is 0 Å². The van der Waals surface area contributed by atoms with Crippen molar-refractivity contribution in [1.82, 2.24) is 4.57 Å². The molecular weight excluding hydrogens is 663 g/mol. The van der Waals surface area contributed by atoms with Gasteiger partial charge in [0.1, 0.15) is 0 Å². The van der Waals surface area contributed by atoms with Crippen LogP contribution in [0, 0.1) is 0 Å². The van der Waals surface area contributed by atoms with Gasteiger partial charge in [0.15, 0.2) is 0 Å². The average Bonchev–Trinajstić information content (AvgIpc) is 3.58. The minimum Gasteiger partial charge on any atom is -0.309 e. The van der Waals surface area contributed by atoms with E-state index in [1.807, 2.05) is 0 Å².